The molecule has 0 radical (unpaired) electrons. The van der Waals surface area contributed by atoms with Gasteiger partial charge in [0.25, 0.3) is 0 Å². The lowest BCUT2D eigenvalue weighted by Gasteiger charge is -2.08. The van der Waals surface area contributed by atoms with Crippen molar-refractivity contribution in [1.82, 2.24) is 9.97 Å². The number of benzene rings is 2. The molecular formula is C25H24N2O2. The van der Waals surface area contributed by atoms with Crippen LogP contribution in [-0.2, 0) is 13.0 Å². The van der Waals surface area contributed by atoms with E-state index in [1.807, 2.05) is 74.5 Å². The highest BCUT2D eigenvalue weighted by molar-refractivity contribution is 5.97. The molecule has 4 heteroatoms. The Labute approximate surface area is 171 Å². The first kappa shape index (κ1) is 20.2. The van der Waals surface area contributed by atoms with E-state index in [4.69, 9.17) is 4.74 Å². The van der Waals surface area contributed by atoms with Crippen molar-refractivity contribution in [3.63, 3.8) is 0 Å². The Balaban J connectivity index is 0.00000117. The summed E-state index contributed by atoms with van der Waals surface area (Å²) >= 11 is 0. The fourth-order valence-corrected chi connectivity index (χ4v) is 2.87. The lowest BCUT2D eigenvalue weighted by molar-refractivity contribution is 0.0993. The van der Waals surface area contributed by atoms with Crippen LogP contribution in [0.4, 0.5) is 0 Å². The Kier molecular flexibility index (Phi) is 7.06. The quantitative estimate of drug-likeness (QED) is 0.403. The summed E-state index contributed by atoms with van der Waals surface area (Å²) < 4.78 is 5.81. The minimum atomic E-state index is 0.0731. The highest BCUT2D eigenvalue weighted by Gasteiger charge is 2.07. The Morgan fingerprint density at radius 2 is 1.59 bits per heavy atom. The Hall–Kier alpha value is -3.53. The first-order valence-electron chi connectivity index (χ1n) is 9.77. The van der Waals surface area contributed by atoms with Gasteiger partial charge in [0, 0.05) is 29.8 Å². The molecule has 2 aromatic heterocycles. The molecule has 0 atom stereocenters. The second kappa shape index (κ2) is 10.1. The van der Waals surface area contributed by atoms with Crippen molar-refractivity contribution in [1.29, 1.82) is 0 Å². The second-order valence-corrected chi connectivity index (χ2v) is 6.26. The van der Waals surface area contributed by atoms with E-state index < -0.39 is 0 Å². The number of pyridine rings is 2. The van der Waals surface area contributed by atoms with Crippen LogP contribution < -0.4 is 4.74 Å². The maximum atomic E-state index is 12.4. The number of ketones is 1. The van der Waals surface area contributed by atoms with Crippen LogP contribution in [0.15, 0.2) is 85.2 Å². The summed E-state index contributed by atoms with van der Waals surface area (Å²) in [6.45, 7) is 4.38. The van der Waals surface area contributed by atoms with Gasteiger partial charge in [-0.1, -0.05) is 38.1 Å². The molecule has 4 nitrogen and oxygen atoms in total. The number of hydrogen-bond acceptors (Lipinski definition) is 4. The summed E-state index contributed by atoms with van der Waals surface area (Å²) in [5.74, 6) is 0.786. The van der Waals surface area contributed by atoms with Crippen LogP contribution in [0.2, 0.25) is 0 Å². The topological polar surface area (TPSA) is 52.1 Å². The first-order valence-corrected chi connectivity index (χ1v) is 9.77. The van der Waals surface area contributed by atoms with Crippen LogP contribution in [0.25, 0.3) is 10.9 Å². The number of fused-ring (bicyclic) bond motifs is 1. The van der Waals surface area contributed by atoms with E-state index in [2.05, 4.69) is 9.97 Å². The van der Waals surface area contributed by atoms with Gasteiger partial charge in [-0.15, -0.1) is 0 Å². The van der Waals surface area contributed by atoms with Crippen LogP contribution in [-0.4, -0.2) is 15.8 Å². The molecule has 0 aliphatic rings. The van der Waals surface area contributed by atoms with Crippen LogP contribution in [0.3, 0.4) is 0 Å². The Bertz CT molecular complexity index is 1060. The molecule has 0 saturated carbocycles. The molecule has 0 unspecified atom stereocenters. The summed E-state index contributed by atoms with van der Waals surface area (Å²) in [5.41, 5.74) is 3.45. The third-order valence-corrected chi connectivity index (χ3v) is 4.33. The van der Waals surface area contributed by atoms with Crippen molar-refractivity contribution in [2.45, 2.75) is 26.9 Å². The number of nitrogens with zero attached hydrogens (tertiary/aromatic N) is 2. The third kappa shape index (κ3) is 5.48. The molecule has 0 fully saturated rings. The second-order valence-electron chi connectivity index (χ2n) is 6.26. The molecule has 2 heterocycles. The molecule has 0 N–H and O–H groups in total. The molecule has 0 aliphatic carbocycles. The van der Waals surface area contributed by atoms with Gasteiger partial charge in [-0.2, -0.15) is 0 Å². The van der Waals surface area contributed by atoms with E-state index in [0.29, 0.717) is 24.3 Å². The molecule has 0 aliphatic heterocycles. The summed E-state index contributed by atoms with van der Waals surface area (Å²) in [4.78, 5) is 20.9. The van der Waals surface area contributed by atoms with Crippen LogP contribution in [0.1, 0.15) is 35.5 Å². The van der Waals surface area contributed by atoms with E-state index in [-0.39, 0.29) is 5.78 Å². The van der Waals surface area contributed by atoms with Gasteiger partial charge in [0.1, 0.15) is 12.4 Å². The van der Waals surface area contributed by atoms with Crippen molar-refractivity contribution in [2.75, 3.05) is 0 Å². The Morgan fingerprint density at radius 1 is 0.862 bits per heavy atom. The van der Waals surface area contributed by atoms with Crippen LogP contribution >= 0.6 is 0 Å². The fourth-order valence-electron chi connectivity index (χ4n) is 2.87. The predicted octanol–water partition coefficient (Wildman–Crippen LogP) is 5.66. The summed E-state index contributed by atoms with van der Waals surface area (Å²) in [5, 5.41) is 1.11. The molecule has 29 heavy (non-hydrogen) atoms. The molecule has 0 bridgehead atoms. The molecule has 4 rings (SSSR count). The van der Waals surface area contributed by atoms with E-state index in [1.54, 1.807) is 24.5 Å². The van der Waals surface area contributed by atoms with Crippen molar-refractivity contribution >= 4 is 16.7 Å². The van der Waals surface area contributed by atoms with E-state index in [9.17, 15) is 4.79 Å². The molecule has 146 valence electrons. The van der Waals surface area contributed by atoms with E-state index in [1.165, 1.54) is 0 Å². The summed E-state index contributed by atoms with van der Waals surface area (Å²) in [7, 11) is 0. The zero-order chi connectivity index (χ0) is 20.5. The minimum Gasteiger partial charge on any atom is -0.487 e. The maximum absolute atomic E-state index is 12.4. The maximum Gasteiger partial charge on any atom is 0.167 e. The van der Waals surface area contributed by atoms with E-state index in [0.717, 1.165) is 22.2 Å². The van der Waals surface area contributed by atoms with Gasteiger partial charge in [-0.3, -0.25) is 9.78 Å². The number of aromatic nitrogens is 2. The average Bonchev–Trinajstić information content (AvgIpc) is 2.80. The fraction of sp³-hybridized carbons (Fsp3) is 0.160. The number of carbonyl (C=O) groups excluding carboxylic acids is 1. The minimum absolute atomic E-state index is 0.0731. The Morgan fingerprint density at radius 3 is 2.34 bits per heavy atom. The number of Topliss-reactive ketones (excluding diaryl/α,β-unsaturated/α-hetero) is 1. The van der Waals surface area contributed by atoms with E-state index >= 15 is 0 Å². The normalized spacial score (nSPS) is 10.1. The molecule has 0 saturated heterocycles. The van der Waals surface area contributed by atoms with Crippen LogP contribution in [0.5, 0.6) is 5.75 Å². The van der Waals surface area contributed by atoms with Crippen molar-refractivity contribution in [3.05, 3.63) is 102 Å². The lowest BCUT2D eigenvalue weighted by Crippen LogP contribution is -2.04. The number of carbonyl (C=O) groups is 1. The monoisotopic (exact) mass is 384 g/mol. The molecule has 2 aromatic carbocycles. The van der Waals surface area contributed by atoms with Crippen molar-refractivity contribution < 1.29 is 9.53 Å². The summed E-state index contributed by atoms with van der Waals surface area (Å²) in [6, 6.07) is 23.0. The molecular weight excluding hydrogens is 360 g/mol. The smallest absolute Gasteiger partial charge is 0.167 e. The number of ether oxygens (including phenoxy) is 1. The lowest BCUT2D eigenvalue weighted by atomic mass is 10.0. The third-order valence-electron chi connectivity index (χ3n) is 4.33. The molecule has 0 amide bonds. The van der Waals surface area contributed by atoms with Crippen molar-refractivity contribution in [3.8, 4) is 5.75 Å². The van der Waals surface area contributed by atoms with Crippen LogP contribution in [0, 0.1) is 0 Å². The van der Waals surface area contributed by atoms with Gasteiger partial charge in [0.2, 0.25) is 0 Å². The number of para-hydroxylation sites is 1. The molecule has 4 aromatic rings. The summed E-state index contributed by atoms with van der Waals surface area (Å²) in [6.07, 6.45) is 3.75. The molecule has 0 spiro atoms. The van der Waals surface area contributed by atoms with Gasteiger partial charge in [0.15, 0.2) is 5.78 Å². The standard InChI is InChI=1S/C23H18N2O2.C2H6/c26-23(15-17-11-13-24-14-12-17)19-6-9-21(10-7-19)27-16-20-8-5-18-3-1-2-4-22(18)25-20;1-2/h1-14H,15-16H2;1-2H3. The van der Waals surface area contributed by atoms with Gasteiger partial charge in [-0.05, 0) is 54.1 Å². The average molecular weight is 384 g/mol. The number of rotatable bonds is 6. The first-order chi connectivity index (χ1) is 14.3. The van der Waals surface area contributed by atoms with Gasteiger partial charge in [0.05, 0.1) is 11.2 Å². The van der Waals surface area contributed by atoms with Gasteiger partial charge in [-0.25, -0.2) is 4.98 Å². The van der Waals surface area contributed by atoms with Crippen molar-refractivity contribution in [2.24, 2.45) is 0 Å². The largest absolute Gasteiger partial charge is 0.487 e. The highest BCUT2D eigenvalue weighted by atomic mass is 16.5. The SMILES string of the molecule is CC.O=C(Cc1ccncc1)c1ccc(OCc2ccc3ccccc3n2)cc1. The van der Waals surface area contributed by atoms with Gasteiger partial charge < -0.3 is 4.74 Å². The van der Waals surface area contributed by atoms with Gasteiger partial charge >= 0.3 is 0 Å². The highest BCUT2D eigenvalue weighted by Crippen LogP contribution is 2.17. The number of hydrogen-bond donors (Lipinski definition) is 0. The predicted molar refractivity (Wildman–Crippen MR) is 116 cm³/mol. The zero-order valence-electron chi connectivity index (χ0n) is 16.7. The zero-order valence-corrected chi connectivity index (χ0v) is 16.7.